The minimum Gasteiger partial charge on any atom is -0.351 e. The Morgan fingerprint density at radius 3 is 2.55 bits per heavy atom. The Balaban J connectivity index is 2.56. The Morgan fingerprint density at radius 2 is 2.05 bits per heavy atom. The molecule has 1 amide bonds. The van der Waals surface area contributed by atoms with Crippen LogP contribution in [0, 0.1) is 0 Å². The van der Waals surface area contributed by atoms with E-state index in [1.165, 1.54) is 0 Å². The molecule has 0 spiro atoms. The molecule has 0 aromatic carbocycles. The summed E-state index contributed by atoms with van der Waals surface area (Å²) in [5, 5.41) is 3.03. The second-order valence-corrected chi connectivity index (χ2v) is 6.93. The van der Waals surface area contributed by atoms with Crippen LogP contribution in [0.1, 0.15) is 40.5 Å². The Kier molecular flexibility index (Phi) is 6.43. The molecule has 5 nitrogen and oxygen atoms in total. The minimum absolute atomic E-state index is 0.0972. The van der Waals surface area contributed by atoms with Crippen LogP contribution >= 0.6 is 0 Å². The van der Waals surface area contributed by atoms with Crippen molar-refractivity contribution >= 4 is 5.91 Å². The standard InChI is InChI=1S/C15H32N4O/c1-6-12-11-19(8-7-18(12)5)13(10-16)9-14(20)17-15(2,3)4/h12-13H,6-11,16H2,1-5H3,(H,17,20). The summed E-state index contributed by atoms with van der Waals surface area (Å²) in [6.45, 7) is 11.8. The lowest BCUT2D eigenvalue weighted by molar-refractivity contribution is -0.124. The second kappa shape index (κ2) is 7.38. The van der Waals surface area contributed by atoms with Gasteiger partial charge < -0.3 is 16.0 Å². The molecule has 0 saturated carbocycles. The molecule has 2 atom stereocenters. The second-order valence-electron chi connectivity index (χ2n) is 6.93. The molecule has 1 heterocycles. The normalized spacial score (nSPS) is 23.6. The number of nitrogens with two attached hydrogens (primary N) is 1. The average Bonchev–Trinajstić information content (AvgIpc) is 2.34. The number of carbonyl (C=O) groups is 1. The number of nitrogens with zero attached hydrogens (tertiary/aromatic N) is 2. The van der Waals surface area contributed by atoms with E-state index in [1.807, 2.05) is 20.8 Å². The van der Waals surface area contributed by atoms with E-state index >= 15 is 0 Å². The molecule has 0 bridgehead atoms. The maximum Gasteiger partial charge on any atom is 0.222 e. The maximum atomic E-state index is 12.1. The summed E-state index contributed by atoms with van der Waals surface area (Å²) in [4.78, 5) is 16.9. The van der Waals surface area contributed by atoms with Crippen molar-refractivity contribution in [2.75, 3.05) is 33.2 Å². The van der Waals surface area contributed by atoms with E-state index in [9.17, 15) is 4.79 Å². The third-order valence-corrected chi connectivity index (χ3v) is 4.00. The lowest BCUT2D eigenvalue weighted by Gasteiger charge is -2.42. The number of piperazine rings is 1. The summed E-state index contributed by atoms with van der Waals surface area (Å²) in [7, 11) is 2.18. The van der Waals surface area contributed by atoms with Crippen molar-refractivity contribution in [1.82, 2.24) is 15.1 Å². The predicted molar refractivity (Wildman–Crippen MR) is 83.6 cm³/mol. The molecule has 118 valence electrons. The van der Waals surface area contributed by atoms with Gasteiger partial charge in [-0.15, -0.1) is 0 Å². The first kappa shape index (κ1) is 17.4. The number of carbonyl (C=O) groups excluding carboxylic acids is 1. The monoisotopic (exact) mass is 284 g/mol. The van der Waals surface area contributed by atoms with E-state index in [4.69, 9.17) is 5.73 Å². The molecule has 0 aliphatic carbocycles. The summed E-state index contributed by atoms with van der Waals surface area (Å²) in [5.74, 6) is 0.0972. The highest BCUT2D eigenvalue weighted by molar-refractivity contribution is 5.77. The van der Waals surface area contributed by atoms with Gasteiger partial charge >= 0.3 is 0 Å². The van der Waals surface area contributed by atoms with Crippen LogP contribution in [0.2, 0.25) is 0 Å². The molecule has 0 aromatic rings. The average molecular weight is 284 g/mol. The van der Waals surface area contributed by atoms with Gasteiger partial charge in [0.2, 0.25) is 5.91 Å². The van der Waals surface area contributed by atoms with E-state index in [0.29, 0.717) is 19.0 Å². The zero-order valence-corrected chi connectivity index (χ0v) is 13.8. The molecule has 2 unspecified atom stereocenters. The molecule has 0 aromatic heterocycles. The third-order valence-electron chi connectivity index (χ3n) is 4.00. The van der Waals surface area contributed by atoms with Crippen LogP contribution in [0.25, 0.3) is 0 Å². The molecule has 1 fully saturated rings. The van der Waals surface area contributed by atoms with Crippen molar-refractivity contribution < 1.29 is 4.79 Å². The summed E-state index contributed by atoms with van der Waals surface area (Å²) in [6.07, 6.45) is 1.63. The van der Waals surface area contributed by atoms with Crippen LogP contribution in [0.5, 0.6) is 0 Å². The number of amides is 1. The highest BCUT2D eigenvalue weighted by atomic mass is 16.1. The highest BCUT2D eigenvalue weighted by Crippen LogP contribution is 2.15. The zero-order chi connectivity index (χ0) is 15.3. The first-order valence-electron chi connectivity index (χ1n) is 7.72. The Bertz CT molecular complexity index is 313. The fraction of sp³-hybridized carbons (Fsp3) is 0.933. The Morgan fingerprint density at radius 1 is 1.40 bits per heavy atom. The van der Waals surface area contributed by atoms with Crippen molar-refractivity contribution in [2.45, 2.75) is 58.2 Å². The molecule has 3 N–H and O–H groups in total. The lowest BCUT2D eigenvalue weighted by atomic mass is 10.0. The Hall–Kier alpha value is -0.650. The van der Waals surface area contributed by atoms with Crippen LogP contribution in [0.3, 0.4) is 0 Å². The third kappa shape index (κ3) is 5.38. The van der Waals surface area contributed by atoms with Gasteiger partial charge in [0.1, 0.15) is 0 Å². The first-order valence-corrected chi connectivity index (χ1v) is 7.72. The molecular formula is C15H32N4O. The fourth-order valence-electron chi connectivity index (χ4n) is 2.79. The van der Waals surface area contributed by atoms with Crippen LogP contribution in [0.15, 0.2) is 0 Å². The summed E-state index contributed by atoms with van der Waals surface area (Å²) in [5.41, 5.74) is 5.73. The molecule has 1 aliphatic rings. The molecule has 5 heteroatoms. The van der Waals surface area contributed by atoms with Gasteiger partial charge in [-0.25, -0.2) is 0 Å². The quantitative estimate of drug-likeness (QED) is 0.778. The summed E-state index contributed by atoms with van der Waals surface area (Å²) < 4.78 is 0. The van der Waals surface area contributed by atoms with Gasteiger partial charge in [0, 0.05) is 50.2 Å². The van der Waals surface area contributed by atoms with Crippen molar-refractivity contribution in [2.24, 2.45) is 5.73 Å². The zero-order valence-electron chi connectivity index (χ0n) is 13.8. The SMILES string of the molecule is CCC1CN(C(CN)CC(=O)NC(C)(C)C)CCN1C. The van der Waals surface area contributed by atoms with Crippen LogP contribution in [-0.4, -0.2) is 66.6 Å². The number of hydrogen-bond donors (Lipinski definition) is 2. The smallest absolute Gasteiger partial charge is 0.222 e. The number of likely N-dealkylation sites (N-methyl/N-ethyl adjacent to an activating group) is 1. The molecule has 0 radical (unpaired) electrons. The van der Waals surface area contributed by atoms with Gasteiger partial charge in [-0.3, -0.25) is 9.69 Å². The van der Waals surface area contributed by atoms with Gasteiger partial charge in [0.05, 0.1) is 0 Å². The first-order chi connectivity index (χ1) is 9.26. The maximum absolute atomic E-state index is 12.1. The molecule has 1 saturated heterocycles. The molecule has 1 aliphatic heterocycles. The topological polar surface area (TPSA) is 61.6 Å². The lowest BCUT2D eigenvalue weighted by Crippen LogP contribution is -2.57. The van der Waals surface area contributed by atoms with Gasteiger partial charge in [-0.2, -0.15) is 0 Å². The van der Waals surface area contributed by atoms with Gasteiger partial charge in [-0.05, 0) is 34.2 Å². The molecular weight excluding hydrogens is 252 g/mol. The van der Waals surface area contributed by atoms with Gasteiger partial charge in [0.25, 0.3) is 0 Å². The van der Waals surface area contributed by atoms with E-state index < -0.39 is 0 Å². The van der Waals surface area contributed by atoms with Crippen LogP contribution in [-0.2, 0) is 4.79 Å². The Labute approximate surface area is 123 Å². The number of hydrogen-bond acceptors (Lipinski definition) is 4. The molecule has 1 rings (SSSR count). The number of nitrogens with one attached hydrogen (secondary N) is 1. The van der Waals surface area contributed by atoms with E-state index in [1.54, 1.807) is 0 Å². The van der Waals surface area contributed by atoms with Crippen molar-refractivity contribution in [3.05, 3.63) is 0 Å². The predicted octanol–water partition coefficient (Wildman–Crippen LogP) is 0.645. The molecule has 20 heavy (non-hydrogen) atoms. The summed E-state index contributed by atoms with van der Waals surface area (Å²) in [6, 6.07) is 0.726. The minimum atomic E-state index is -0.176. The highest BCUT2D eigenvalue weighted by Gasteiger charge is 2.29. The van der Waals surface area contributed by atoms with Crippen molar-refractivity contribution in [3.8, 4) is 0 Å². The van der Waals surface area contributed by atoms with Gasteiger partial charge in [-0.1, -0.05) is 6.92 Å². The fourth-order valence-corrected chi connectivity index (χ4v) is 2.79. The number of rotatable bonds is 5. The summed E-state index contributed by atoms with van der Waals surface area (Å²) >= 11 is 0. The van der Waals surface area contributed by atoms with E-state index in [2.05, 4.69) is 29.1 Å². The van der Waals surface area contributed by atoms with Crippen LogP contribution < -0.4 is 11.1 Å². The van der Waals surface area contributed by atoms with Gasteiger partial charge in [0.15, 0.2) is 0 Å². The van der Waals surface area contributed by atoms with E-state index in [-0.39, 0.29) is 17.5 Å². The van der Waals surface area contributed by atoms with E-state index in [0.717, 1.165) is 26.1 Å². The van der Waals surface area contributed by atoms with Crippen molar-refractivity contribution in [3.63, 3.8) is 0 Å². The van der Waals surface area contributed by atoms with Crippen molar-refractivity contribution in [1.29, 1.82) is 0 Å². The largest absolute Gasteiger partial charge is 0.351 e. The van der Waals surface area contributed by atoms with Crippen LogP contribution in [0.4, 0.5) is 0 Å².